The number of benzene rings is 1. The molecule has 2 aliphatic rings. The summed E-state index contributed by atoms with van der Waals surface area (Å²) in [6.45, 7) is 1.72. The molecule has 3 rings (SSSR count). The van der Waals surface area contributed by atoms with Crippen LogP contribution >= 0.6 is 0 Å². The zero-order valence-corrected chi connectivity index (χ0v) is 12.7. The lowest BCUT2D eigenvalue weighted by molar-refractivity contribution is -0.133. The lowest BCUT2D eigenvalue weighted by Crippen LogP contribution is -2.49. The molecule has 22 heavy (non-hydrogen) atoms. The summed E-state index contributed by atoms with van der Waals surface area (Å²) in [5, 5.41) is 3.51. The van der Waals surface area contributed by atoms with E-state index in [-0.39, 0.29) is 17.8 Å². The van der Waals surface area contributed by atoms with E-state index in [1.54, 1.807) is 6.07 Å². The number of hydrogen-bond donors (Lipinski definition) is 2. The predicted molar refractivity (Wildman–Crippen MR) is 81.8 cm³/mol. The van der Waals surface area contributed by atoms with Gasteiger partial charge in [-0.15, -0.1) is 0 Å². The molecule has 1 atom stereocenters. The van der Waals surface area contributed by atoms with E-state index in [1.807, 2.05) is 6.07 Å². The Labute approximate surface area is 130 Å². The number of halogens is 1. The quantitative estimate of drug-likeness (QED) is 0.895. The van der Waals surface area contributed by atoms with Crippen LogP contribution in [0.2, 0.25) is 0 Å². The highest BCUT2D eigenvalue weighted by atomic mass is 19.1. The molecule has 0 bridgehead atoms. The Morgan fingerprint density at radius 2 is 2.18 bits per heavy atom. The zero-order valence-electron chi connectivity index (χ0n) is 12.7. The molecule has 0 aromatic heterocycles. The summed E-state index contributed by atoms with van der Waals surface area (Å²) in [5.74, 6) is -0.434. The highest BCUT2D eigenvalue weighted by Crippen LogP contribution is 2.34. The molecular formula is C17H23FN2O2. The molecule has 1 aliphatic heterocycles. The molecule has 3 N–H and O–H groups in total. The molecule has 1 heterocycles. The number of ether oxygens (including phenoxy) is 1. The summed E-state index contributed by atoms with van der Waals surface area (Å²) < 4.78 is 18.7. The summed E-state index contributed by atoms with van der Waals surface area (Å²) in [6, 6.07) is 5.17. The second-order valence-electron chi connectivity index (χ2n) is 6.43. The van der Waals surface area contributed by atoms with Crippen LogP contribution in [0.4, 0.5) is 4.39 Å². The van der Waals surface area contributed by atoms with Crippen molar-refractivity contribution in [1.82, 2.24) is 5.32 Å². The van der Waals surface area contributed by atoms with Crippen LogP contribution in [0.1, 0.15) is 42.9 Å². The molecule has 120 valence electrons. The number of rotatable bonds is 4. The summed E-state index contributed by atoms with van der Waals surface area (Å²) in [7, 11) is 0. The molecule has 4 nitrogen and oxygen atoms in total. The average Bonchev–Trinajstić information content (AvgIpc) is 2.53. The fraction of sp³-hybridized carbons (Fsp3) is 0.588. The Hall–Kier alpha value is -1.46. The Morgan fingerprint density at radius 3 is 2.91 bits per heavy atom. The van der Waals surface area contributed by atoms with Gasteiger partial charge in [-0.3, -0.25) is 4.79 Å². The topological polar surface area (TPSA) is 64.4 Å². The second kappa shape index (κ2) is 6.34. The predicted octanol–water partition coefficient (Wildman–Crippen LogP) is 2.07. The van der Waals surface area contributed by atoms with Gasteiger partial charge in [-0.05, 0) is 55.4 Å². The molecule has 1 unspecified atom stereocenters. The number of hydrogen-bond acceptors (Lipinski definition) is 3. The highest BCUT2D eigenvalue weighted by molar-refractivity contribution is 5.81. The van der Waals surface area contributed by atoms with Crippen molar-refractivity contribution in [3.05, 3.63) is 35.1 Å². The van der Waals surface area contributed by atoms with Gasteiger partial charge < -0.3 is 15.8 Å². The Balaban J connectivity index is 1.73. The smallest absolute Gasteiger partial charge is 0.225 e. The summed E-state index contributed by atoms with van der Waals surface area (Å²) >= 11 is 0. The van der Waals surface area contributed by atoms with Gasteiger partial charge in [0.05, 0.1) is 5.41 Å². The minimum Gasteiger partial charge on any atom is -0.381 e. The molecule has 5 heteroatoms. The standard InChI is InChI=1S/C17H23FN2O2/c18-13-4-5-14-12(10-13)2-1-3-15(14)20-11-17(16(19)21)6-8-22-9-7-17/h4-5,10,15,20H,1-3,6-9,11H2,(H2,19,21). The molecule has 0 radical (unpaired) electrons. The molecule has 1 aromatic carbocycles. The molecule has 1 aromatic rings. The third-order valence-electron chi connectivity index (χ3n) is 5.08. The van der Waals surface area contributed by atoms with E-state index in [1.165, 1.54) is 6.07 Å². The minimum absolute atomic E-state index is 0.170. The first kappa shape index (κ1) is 15.4. The number of carbonyl (C=O) groups excluding carboxylic acids is 1. The zero-order chi connectivity index (χ0) is 15.6. The molecule has 1 amide bonds. The van der Waals surface area contributed by atoms with Crippen LogP contribution in [0.5, 0.6) is 0 Å². The number of amides is 1. The number of nitrogens with two attached hydrogens (primary N) is 1. The number of nitrogens with one attached hydrogen (secondary N) is 1. The number of fused-ring (bicyclic) bond motifs is 1. The molecule has 1 fully saturated rings. The van der Waals surface area contributed by atoms with Crippen LogP contribution in [0.15, 0.2) is 18.2 Å². The Kier molecular flexibility index (Phi) is 4.45. The van der Waals surface area contributed by atoms with E-state index in [9.17, 15) is 9.18 Å². The second-order valence-corrected chi connectivity index (χ2v) is 6.43. The summed E-state index contributed by atoms with van der Waals surface area (Å²) in [4.78, 5) is 11.9. The maximum absolute atomic E-state index is 13.4. The van der Waals surface area contributed by atoms with E-state index in [0.29, 0.717) is 32.6 Å². The molecule has 0 saturated carbocycles. The van der Waals surface area contributed by atoms with Crippen LogP contribution < -0.4 is 11.1 Å². The third kappa shape index (κ3) is 3.01. The molecule has 1 aliphatic carbocycles. The van der Waals surface area contributed by atoms with Crippen molar-refractivity contribution >= 4 is 5.91 Å². The molecule has 0 spiro atoms. The lowest BCUT2D eigenvalue weighted by atomic mass is 9.78. The van der Waals surface area contributed by atoms with Crippen molar-refractivity contribution < 1.29 is 13.9 Å². The fourth-order valence-corrected chi connectivity index (χ4v) is 3.59. The fourth-order valence-electron chi connectivity index (χ4n) is 3.59. The van der Waals surface area contributed by atoms with Crippen molar-refractivity contribution in [3.8, 4) is 0 Å². The van der Waals surface area contributed by atoms with Gasteiger partial charge in [-0.1, -0.05) is 6.07 Å². The first-order chi connectivity index (χ1) is 10.6. The normalized spacial score (nSPS) is 23.8. The van der Waals surface area contributed by atoms with Crippen LogP contribution in [-0.4, -0.2) is 25.7 Å². The van der Waals surface area contributed by atoms with E-state index < -0.39 is 5.41 Å². The van der Waals surface area contributed by atoms with Gasteiger partial charge in [-0.25, -0.2) is 4.39 Å². The van der Waals surface area contributed by atoms with Gasteiger partial charge >= 0.3 is 0 Å². The van der Waals surface area contributed by atoms with Gasteiger partial charge in [0.15, 0.2) is 0 Å². The van der Waals surface area contributed by atoms with Gasteiger partial charge in [0.2, 0.25) is 5.91 Å². The van der Waals surface area contributed by atoms with Crippen molar-refractivity contribution in [2.24, 2.45) is 11.1 Å². The van der Waals surface area contributed by atoms with E-state index >= 15 is 0 Å². The molecular weight excluding hydrogens is 283 g/mol. The number of primary amides is 1. The number of aryl methyl sites for hydroxylation is 1. The van der Waals surface area contributed by atoms with Gasteiger partial charge in [0.25, 0.3) is 0 Å². The first-order valence-corrected chi connectivity index (χ1v) is 8.00. The first-order valence-electron chi connectivity index (χ1n) is 8.00. The van der Waals surface area contributed by atoms with Crippen LogP contribution in [0, 0.1) is 11.2 Å². The van der Waals surface area contributed by atoms with Crippen molar-refractivity contribution in [3.63, 3.8) is 0 Å². The SMILES string of the molecule is NC(=O)C1(CNC2CCCc3cc(F)ccc32)CCOCC1. The largest absolute Gasteiger partial charge is 0.381 e. The lowest BCUT2D eigenvalue weighted by Gasteiger charge is -2.36. The Morgan fingerprint density at radius 1 is 1.41 bits per heavy atom. The van der Waals surface area contributed by atoms with Gasteiger partial charge in [0.1, 0.15) is 5.82 Å². The van der Waals surface area contributed by atoms with E-state index in [4.69, 9.17) is 10.5 Å². The van der Waals surface area contributed by atoms with Crippen LogP contribution in [0.3, 0.4) is 0 Å². The summed E-state index contributed by atoms with van der Waals surface area (Å²) in [6.07, 6.45) is 4.28. The van der Waals surface area contributed by atoms with Crippen LogP contribution in [0.25, 0.3) is 0 Å². The van der Waals surface area contributed by atoms with Crippen molar-refractivity contribution in [2.75, 3.05) is 19.8 Å². The monoisotopic (exact) mass is 306 g/mol. The van der Waals surface area contributed by atoms with Crippen molar-refractivity contribution in [1.29, 1.82) is 0 Å². The van der Waals surface area contributed by atoms with Gasteiger partial charge in [-0.2, -0.15) is 0 Å². The van der Waals surface area contributed by atoms with E-state index in [0.717, 1.165) is 30.4 Å². The minimum atomic E-state index is -0.518. The van der Waals surface area contributed by atoms with Crippen molar-refractivity contribution in [2.45, 2.75) is 38.1 Å². The third-order valence-corrected chi connectivity index (χ3v) is 5.08. The maximum atomic E-state index is 13.4. The Bertz CT molecular complexity index is 556. The van der Waals surface area contributed by atoms with Gasteiger partial charge in [0, 0.05) is 25.8 Å². The van der Waals surface area contributed by atoms with E-state index in [2.05, 4.69) is 5.32 Å². The molecule has 1 saturated heterocycles. The maximum Gasteiger partial charge on any atom is 0.225 e. The highest BCUT2D eigenvalue weighted by Gasteiger charge is 2.39. The average molecular weight is 306 g/mol. The number of carbonyl (C=O) groups is 1. The van der Waals surface area contributed by atoms with Crippen LogP contribution in [-0.2, 0) is 16.0 Å². The summed E-state index contributed by atoms with van der Waals surface area (Å²) in [5.41, 5.74) is 7.36.